The Labute approximate surface area is 72.8 Å². The molecule has 12 heavy (non-hydrogen) atoms. The summed E-state index contributed by atoms with van der Waals surface area (Å²) >= 11 is 0. The predicted molar refractivity (Wildman–Crippen MR) is 53.1 cm³/mol. The molecule has 0 radical (unpaired) electrons. The van der Waals surface area contributed by atoms with Gasteiger partial charge in [0.15, 0.2) is 0 Å². The highest BCUT2D eigenvalue weighted by Crippen LogP contribution is 2.16. The Kier molecular flexibility index (Phi) is 2.94. The van der Waals surface area contributed by atoms with Crippen molar-refractivity contribution in [2.45, 2.75) is 6.92 Å². The van der Waals surface area contributed by atoms with Crippen LogP contribution in [0.4, 0.5) is 11.4 Å². The normalized spacial score (nSPS) is 9.83. The third-order valence-corrected chi connectivity index (χ3v) is 1.75. The van der Waals surface area contributed by atoms with Crippen molar-refractivity contribution < 1.29 is 0 Å². The van der Waals surface area contributed by atoms with Crippen molar-refractivity contribution in [3.05, 3.63) is 23.8 Å². The van der Waals surface area contributed by atoms with Gasteiger partial charge in [0.2, 0.25) is 0 Å². The fourth-order valence-electron chi connectivity index (χ4n) is 0.967. The molecule has 0 fully saturated rings. The number of hydrogen-bond donors (Lipinski definition) is 3. The summed E-state index contributed by atoms with van der Waals surface area (Å²) in [6.45, 7) is 3.40. The minimum Gasteiger partial charge on any atom is -0.398 e. The van der Waals surface area contributed by atoms with Crippen molar-refractivity contribution in [3.8, 4) is 0 Å². The Morgan fingerprint density at radius 1 is 1.42 bits per heavy atom. The summed E-state index contributed by atoms with van der Waals surface area (Å²) in [5, 5.41) is 3.16. The fourth-order valence-corrected chi connectivity index (χ4v) is 0.967. The Hall–Kier alpha value is -1.22. The first-order chi connectivity index (χ1) is 5.74. The van der Waals surface area contributed by atoms with Gasteiger partial charge < -0.3 is 16.8 Å². The number of hydrogen-bond acceptors (Lipinski definition) is 3. The second kappa shape index (κ2) is 3.97. The van der Waals surface area contributed by atoms with E-state index in [1.54, 1.807) is 0 Å². The number of benzene rings is 1. The molecule has 1 rings (SSSR count). The van der Waals surface area contributed by atoms with Crippen molar-refractivity contribution >= 4 is 11.4 Å². The van der Waals surface area contributed by atoms with Crippen LogP contribution in [0.1, 0.15) is 5.56 Å². The third kappa shape index (κ3) is 2.13. The maximum atomic E-state index is 5.72. The van der Waals surface area contributed by atoms with Gasteiger partial charge in [0, 0.05) is 24.5 Å². The van der Waals surface area contributed by atoms with E-state index < -0.39 is 0 Å². The Bertz CT molecular complexity index is 258. The molecule has 0 aromatic heterocycles. The molecule has 0 saturated carbocycles. The summed E-state index contributed by atoms with van der Waals surface area (Å²) in [7, 11) is 0. The van der Waals surface area contributed by atoms with E-state index in [0.717, 1.165) is 23.5 Å². The van der Waals surface area contributed by atoms with E-state index in [1.165, 1.54) is 0 Å². The van der Waals surface area contributed by atoms with Gasteiger partial charge in [-0.15, -0.1) is 0 Å². The zero-order chi connectivity index (χ0) is 8.97. The van der Waals surface area contributed by atoms with Crippen LogP contribution in [-0.4, -0.2) is 13.1 Å². The first-order valence-corrected chi connectivity index (χ1v) is 4.04. The van der Waals surface area contributed by atoms with Gasteiger partial charge in [-0.2, -0.15) is 0 Å². The van der Waals surface area contributed by atoms with Gasteiger partial charge in [0.1, 0.15) is 0 Å². The molecule has 0 aliphatic carbocycles. The quantitative estimate of drug-likeness (QED) is 0.584. The number of aryl methyl sites for hydroxylation is 1. The molecule has 5 N–H and O–H groups in total. The van der Waals surface area contributed by atoms with Gasteiger partial charge in [-0.3, -0.25) is 0 Å². The van der Waals surface area contributed by atoms with Crippen LogP contribution in [0.5, 0.6) is 0 Å². The zero-order valence-electron chi connectivity index (χ0n) is 7.30. The molecular formula is C9H15N3. The molecule has 0 unspecified atom stereocenters. The lowest BCUT2D eigenvalue weighted by Crippen LogP contribution is -2.13. The van der Waals surface area contributed by atoms with Gasteiger partial charge in [-0.25, -0.2) is 0 Å². The second-order valence-corrected chi connectivity index (χ2v) is 2.79. The summed E-state index contributed by atoms with van der Waals surface area (Å²) in [5.41, 5.74) is 14.0. The van der Waals surface area contributed by atoms with E-state index >= 15 is 0 Å². The lowest BCUT2D eigenvalue weighted by molar-refractivity contribution is 1.02. The number of nitrogen functional groups attached to an aromatic ring is 1. The van der Waals surface area contributed by atoms with Crippen molar-refractivity contribution in [1.82, 2.24) is 0 Å². The molecule has 1 aromatic carbocycles. The molecule has 0 bridgehead atoms. The molecule has 0 heterocycles. The van der Waals surface area contributed by atoms with Crippen molar-refractivity contribution in [2.24, 2.45) is 5.73 Å². The van der Waals surface area contributed by atoms with Crippen LogP contribution in [0.15, 0.2) is 18.2 Å². The van der Waals surface area contributed by atoms with Gasteiger partial charge >= 0.3 is 0 Å². The van der Waals surface area contributed by atoms with Crippen LogP contribution in [-0.2, 0) is 0 Å². The third-order valence-electron chi connectivity index (χ3n) is 1.75. The van der Waals surface area contributed by atoms with Crippen LogP contribution in [0.2, 0.25) is 0 Å². The summed E-state index contributed by atoms with van der Waals surface area (Å²) in [5.74, 6) is 0. The summed E-state index contributed by atoms with van der Waals surface area (Å²) in [4.78, 5) is 0. The Balaban J connectivity index is 2.69. The largest absolute Gasteiger partial charge is 0.398 e. The van der Waals surface area contributed by atoms with Crippen LogP contribution < -0.4 is 16.8 Å². The first kappa shape index (κ1) is 8.87. The summed E-state index contributed by atoms with van der Waals surface area (Å²) in [6.07, 6.45) is 0. The monoisotopic (exact) mass is 165 g/mol. The zero-order valence-corrected chi connectivity index (χ0v) is 7.30. The van der Waals surface area contributed by atoms with E-state index in [4.69, 9.17) is 11.5 Å². The Morgan fingerprint density at radius 3 is 2.75 bits per heavy atom. The maximum Gasteiger partial charge on any atom is 0.0364 e. The standard InChI is InChI=1S/C9H15N3/c1-7-2-3-8(6-9(7)11)12-5-4-10/h2-3,6,12H,4-5,10-11H2,1H3. The van der Waals surface area contributed by atoms with Gasteiger partial charge in [-0.05, 0) is 24.6 Å². The number of nitrogens with one attached hydrogen (secondary N) is 1. The second-order valence-electron chi connectivity index (χ2n) is 2.79. The van der Waals surface area contributed by atoms with Crippen LogP contribution >= 0.6 is 0 Å². The molecule has 0 saturated heterocycles. The average molecular weight is 165 g/mol. The molecule has 0 atom stereocenters. The van der Waals surface area contributed by atoms with Crippen molar-refractivity contribution in [3.63, 3.8) is 0 Å². The van der Waals surface area contributed by atoms with Gasteiger partial charge in [0.25, 0.3) is 0 Å². The summed E-state index contributed by atoms with van der Waals surface area (Å²) in [6, 6.07) is 5.92. The summed E-state index contributed by atoms with van der Waals surface area (Å²) < 4.78 is 0. The molecule has 3 heteroatoms. The van der Waals surface area contributed by atoms with E-state index in [1.807, 2.05) is 25.1 Å². The molecule has 0 aliphatic heterocycles. The van der Waals surface area contributed by atoms with Crippen LogP contribution in [0.25, 0.3) is 0 Å². The maximum absolute atomic E-state index is 5.72. The number of nitrogens with two attached hydrogens (primary N) is 2. The smallest absolute Gasteiger partial charge is 0.0364 e. The van der Waals surface area contributed by atoms with Crippen molar-refractivity contribution in [2.75, 3.05) is 24.1 Å². The van der Waals surface area contributed by atoms with Gasteiger partial charge in [0.05, 0.1) is 0 Å². The van der Waals surface area contributed by atoms with Crippen LogP contribution in [0, 0.1) is 6.92 Å². The van der Waals surface area contributed by atoms with E-state index in [2.05, 4.69) is 5.32 Å². The first-order valence-electron chi connectivity index (χ1n) is 4.04. The topological polar surface area (TPSA) is 64.1 Å². The molecule has 3 nitrogen and oxygen atoms in total. The highest BCUT2D eigenvalue weighted by atomic mass is 14.9. The molecule has 1 aromatic rings. The SMILES string of the molecule is Cc1ccc(NCCN)cc1N. The van der Waals surface area contributed by atoms with Gasteiger partial charge in [-0.1, -0.05) is 6.07 Å². The number of rotatable bonds is 3. The highest BCUT2D eigenvalue weighted by Gasteiger charge is 1.94. The fraction of sp³-hybridized carbons (Fsp3) is 0.333. The Morgan fingerprint density at radius 2 is 2.17 bits per heavy atom. The lowest BCUT2D eigenvalue weighted by atomic mass is 10.2. The molecule has 0 aliphatic rings. The van der Waals surface area contributed by atoms with E-state index in [-0.39, 0.29) is 0 Å². The molecule has 0 amide bonds. The van der Waals surface area contributed by atoms with Crippen molar-refractivity contribution in [1.29, 1.82) is 0 Å². The lowest BCUT2D eigenvalue weighted by Gasteiger charge is -2.06. The number of anilines is 2. The molecule has 0 spiro atoms. The minimum atomic E-state index is 0.633. The minimum absolute atomic E-state index is 0.633. The van der Waals surface area contributed by atoms with E-state index in [0.29, 0.717) is 6.54 Å². The predicted octanol–water partition coefficient (Wildman–Crippen LogP) is 0.948. The van der Waals surface area contributed by atoms with E-state index in [9.17, 15) is 0 Å². The molecular weight excluding hydrogens is 150 g/mol. The van der Waals surface area contributed by atoms with Crippen LogP contribution in [0.3, 0.4) is 0 Å². The highest BCUT2D eigenvalue weighted by molar-refractivity contribution is 5.58. The molecule has 66 valence electrons. The average Bonchev–Trinajstić information content (AvgIpc) is 2.07.